The summed E-state index contributed by atoms with van der Waals surface area (Å²) < 4.78 is 0. The molecule has 0 aliphatic carbocycles. The van der Waals surface area contributed by atoms with Crippen LogP contribution in [0.15, 0.2) is 24.4 Å². The van der Waals surface area contributed by atoms with Crippen LogP contribution in [0.3, 0.4) is 0 Å². The van der Waals surface area contributed by atoms with Gasteiger partial charge in [0.15, 0.2) is 0 Å². The van der Waals surface area contributed by atoms with E-state index in [1.54, 1.807) is 6.20 Å². The molecule has 0 fully saturated rings. The first-order valence-electron chi connectivity index (χ1n) is 6.49. The number of aromatic nitrogens is 1. The summed E-state index contributed by atoms with van der Waals surface area (Å²) in [5.74, 6) is -0.146. The Morgan fingerprint density at radius 1 is 1.40 bits per heavy atom. The van der Waals surface area contributed by atoms with Crippen molar-refractivity contribution in [3.05, 3.63) is 30.1 Å². The zero-order valence-corrected chi connectivity index (χ0v) is 12.5. The highest BCUT2D eigenvalue weighted by atomic mass is 32.2. The summed E-state index contributed by atoms with van der Waals surface area (Å²) >= 11 is 1.42. The van der Waals surface area contributed by atoms with Crippen molar-refractivity contribution in [1.82, 2.24) is 10.3 Å². The minimum absolute atomic E-state index is 0.220. The Labute approximate surface area is 123 Å². The van der Waals surface area contributed by atoms with Gasteiger partial charge in [-0.05, 0) is 24.5 Å². The van der Waals surface area contributed by atoms with Crippen molar-refractivity contribution in [1.29, 1.82) is 0 Å². The Morgan fingerprint density at radius 2 is 2.15 bits per heavy atom. The fraction of sp³-hybridized carbons (Fsp3) is 0.500. The molecule has 6 heteroatoms. The molecule has 1 rings (SSSR count). The number of carboxylic acids is 1. The van der Waals surface area contributed by atoms with Crippen LogP contribution in [-0.2, 0) is 15.3 Å². The molecule has 1 aromatic heterocycles. The van der Waals surface area contributed by atoms with E-state index in [1.807, 2.05) is 32.0 Å². The molecular formula is C14H20N2O3S. The number of nitrogens with zero attached hydrogens (tertiary/aromatic N) is 1. The highest BCUT2D eigenvalue weighted by Crippen LogP contribution is 2.10. The van der Waals surface area contributed by atoms with E-state index in [4.69, 9.17) is 5.11 Å². The molecule has 110 valence electrons. The van der Waals surface area contributed by atoms with Crippen LogP contribution in [0.25, 0.3) is 0 Å². The maximum absolute atomic E-state index is 11.7. The molecule has 1 unspecified atom stereocenters. The van der Waals surface area contributed by atoms with Gasteiger partial charge in [0, 0.05) is 11.9 Å². The normalized spacial score (nSPS) is 12.2. The number of aliphatic carboxylic acids is 1. The number of hydrogen-bond acceptors (Lipinski definition) is 4. The lowest BCUT2D eigenvalue weighted by Gasteiger charge is -2.16. The minimum Gasteiger partial charge on any atom is -0.480 e. The molecule has 0 aliphatic rings. The van der Waals surface area contributed by atoms with Crippen molar-refractivity contribution >= 4 is 23.6 Å². The second kappa shape index (κ2) is 8.58. The van der Waals surface area contributed by atoms with Gasteiger partial charge in [0.25, 0.3) is 0 Å². The molecule has 0 saturated heterocycles. The molecule has 2 N–H and O–H groups in total. The van der Waals surface area contributed by atoms with E-state index in [2.05, 4.69) is 10.3 Å². The van der Waals surface area contributed by atoms with Crippen LogP contribution < -0.4 is 5.32 Å². The first-order valence-corrected chi connectivity index (χ1v) is 7.64. The third-order valence-corrected chi connectivity index (χ3v) is 3.52. The van der Waals surface area contributed by atoms with Crippen LogP contribution >= 0.6 is 11.8 Å². The Morgan fingerprint density at radius 3 is 2.70 bits per heavy atom. The van der Waals surface area contributed by atoms with Crippen molar-refractivity contribution in [3.63, 3.8) is 0 Å². The third-order valence-electron chi connectivity index (χ3n) is 2.55. The van der Waals surface area contributed by atoms with Crippen LogP contribution in [0, 0.1) is 5.92 Å². The molecule has 1 atom stereocenters. The van der Waals surface area contributed by atoms with Crippen LogP contribution in [-0.4, -0.2) is 33.8 Å². The SMILES string of the molecule is CC(C)CC(NC(=O)CSCc1ccccn1)C(=O)O. The lowest BCUT2D eigenvalue weighted by Crippen LogP contribution is -2.42. The van der Waals surface area contributed by atoms with Gasteiger partial charge in [-0.15, -0.1) is 11.8 Å². The fourth-order valence-electron chi connectivity index (χ4n) is 1.66. The van der Waals surface area contributed by atoms with Gasteiger partial charge in [-0.1, -0.05) is 19.9 Å². The molecule has 0 saturated carbocycles. The maximum Gasteiger partial charge on any atom is 0.326 e. The van der Waals surface area contributed by atoms with Gasteiger partial charge in [0.2, 0.25) is 5.91 Å². The van der Waals surface area contributed by atoms with E-state index in [0.717, 1.165) is 5.69 Å². The van der Waals surface area contributed by atoms with Crippen molar-refractivity contribution in [2.24, 2.45) is 5.92 Å². The third kappa shape index (κ3) is 6.56. The summed E-state index contributed by atoms with van der Waals surface area (Å²) in [6, 6.07) is 4.82. The number of carbonyl (C=O) groups excluding carboxylic acids is 1. The summed E-state index contributed by atoms with van der Waals surface area (Å²) in [4.78, 5) is 26.9. The number of carboxylic acid groups (broad SMARTS) is 1. The van der Waals surface area contributed by atoms with Gasteiger partial charge < -0.3 is 10.4 Å². The second-order valence-corrected chi connectivity index (χ2v) is 5.89. The Balaban J connectivity index is 2.33. The highest BCUT2D eigenvalue weighted by Gasteiger charge is 2.20. The summed E-state index contributed by atoms with van der Waals surface area (Å²) in [6.45, 7) is 3.86. The topological polar surface area (TPSA) is 79.3 Å². The van der Waals surface area contributed by atoms with Crippen molar-refractivity contribution < 1.29 is 14.7 Å². The van der Waals surface area contributed by atoms with Crippen LogP contribution in [0.2, 0.25) is 0 Å². The van der Waals surface area contributed by atoms with Crippen LogP contribution in [0.5, 0.6) is 0 Å². The first-order chi connectivity index (χ1) is 9.49. The van der Waals surface area contributed by atoms with Gasteiger partial charge >= 0.3 is 5.97 Å². The van der Waals surface area contributed by atoms with Crippen molar-refractivity contribution in [2.75, 3.05) is 5.75 Å². The number of carbonyl (C=O) groups is 2. The zero-order chi connectivity index (χ0) is 15.0. The number of rotatable bonds is 8. The fourth-order valence-corrected chi connectivity index (χ4v) is 2.41. The summed E-state index contributed by atoms with van der Waals surface area (Å²) in [5, 5.41) is 11.6. The lowest BCUT2D eigenvalue weighted by molar-refractivity contribution is -0.141. The number of nitrogens with one attached hydrogen (secondary N) is 1. The smallest absolute Gasteiger partial charge is 0.326 e. The molecule has 0 aliphatic heterocycles. The predicted molar refractivity (Wildman–Crippen MR) is 79.4 cm³/mol. The molecule has 5 nitrogen and oxygen atoms in total. The summed E-state index contributed by atoms with van der Waals surface area (Å²) in [6.07, 6.45) is 2.14. The standard InChI is InChI=1S/C14H20N2O3S/c1-10(2)7-12(14(18)19)16-13(17)9-20-8-11-5-3-4-6-15-11/h3-6,10,12H,7-9H2,1-2H3,(H,16,17)(H,18,19). The second-order valence-electron chi connectivity index (χ2n) is 4.90. The van der Waals surface area contributed by atoms with Crippen LogP contribution in [0.1, 0.15) is 26.0 Å². The van der Waals surface area contributed by atoms with Gasteiger partial charge in [0.1, 0.15) is 6.04 Å². The molecule has 1 aromatic rings. The molecule has 1 heterocycles. The largest absolute Gasteiger partial charge is 0.480 e. The minimum atomic E-state index is -0.984. The van der Waals surface area contributed by atoms with Gasteiger partial charge in [-0.2, -0.15) is 0 Å². The number of hydrogen-bond donors (Lipinski definition) is 2. The average Bonchev–Trinajstić information content (AvgIpc) is 2.38. The zero-order valence-electron chi connectivity index (χ0n) is 11.7. The molecule has 0 spiro atoms. The molecule has 20 heavy (non-hydrogen) atoms. The molecule has 0 radical (unpaired) electrons. The average molecular weight is 296 g/mol. The van der Waals surface area contributed by atoms with Crippen molar-refractivity contribution in [3.8, 4) is 0 Å². The van der Waals surface area contributed by atoms with Gasteiger partial charge in [0.05, 0.1) is 11.4 Å². The van der Waals surface area contributed by atoms with E-state index >= 15 is 0 Å². The van der Waals surface area contributed by atoms with Crippen LogP contribution in [0.4, 0.5) is 0 Å². The quantitative estimate of drug-likeness (QED) is 0.766. The Bertz CT molecular complexity index is 437. The van der Waals surface area contributed by atoms with Crippen molar-refractivity contribution in [2.45, 2.75) is 32.1 Å². The predicted octanol–water partition coefficient (Wildman–Crippen LogP) is 1.93. The number of thioether (sulfide) groups is 1. The van der Waals surface area contributed by atoms with E-state index in [1.165, 1.54) is 11.8 Å². The van der Waals surface area contributed by atoms with E-state index in [0.29, 0.717) is 12.2 Å². The number of amides is 1. The lowest BCUT2D eigenvalue weighted by atomic mass is 10.0. The first kappa shape index (κ1) is 16.5. The molecule has 0 bridgehead atoms. The Kier molecular flexibility index (Phi) is 7.08. The molecule has 0 aromatic carbocycles. The van der Waals surface area contributed by atoms with Gasteiger partial charge in [-0.25, -0.2) is 4.79 Å². The summed E-state index contributed by atoms with van der Waals surface area (Å²) in [5.41, 5.74) is 0.905. The van der Waals surface area contributed by atoms with E-state index in [9.17, 15) is 9.59 Å². The monoisotopic (exact) mass is 296 g/mol. The highest BCUT2D eigenvalue weighted by molar-refractivity contribution is 7.99. The van der Waals surface area contributed by atoms with Gasteiger partial charge in [-0.3, -0.25) is 9.78 Å². The maximum atomic E-state index is 11.7. The molecular weight excluding hydrogens is 276 g/mol. The number of pyridine rings is 1. The Hall–Kier alpha value is -1.56. The molecule has 1 amide bonds. The van der Waals surface area contributed by atoms with E-state index < -0.39 is 12.0 Å². The van der Waals surface area contributed by atoms with E-state index in [-0.39, 0.29) is 17.6 Å². The summed E-state index contributed by atoms with van der Waals surface area (Å²) in [7, 11) is 0.